The number of carbonyl (C=O) groups excluding carboxylic acids is 1. The first kappa shape index (κ1) is 22.8. The van der Waals surface area contributed by atoms with E-state index in [0.29, 0.717) is 40.6 Å². The first-order valence-corrected chi connectivity index (χ1v) is 11.6. The zero-order valence-electron chi connectivity index (χ0n) is 18.9. The molecule has 5 rings (SSSR count). The van der Waals surface area contributed by atoms with Crippen LogP contribution in [0.3, 0.4) is 0 Å². The monoisotopic (exact) mass is 488 g/mol. The smallest absolute Gasteiger partial charge is 0.322 e. The lowest BCUT2D eigenvalue weighted by molar-refractivity contribution is 0.205. The van der Waals surface area contributed by atoms with Gasteiger partial charge in [0.1, 0.15) is 5.82 Å². The van der Waals surface area contributed by atoms with Gasteiger partial charge in [0.25, 0.3) is 5.89 Å². The second-order valence-electron chi connectivity index (χ2n) is 8.25. The maximum Gasteiger partial charge on any atom is 0.322 e. The molecule has 1 aromatic heterocycles. The highest BCUT2D eigenvalue weighted by Crippen LogP contribution is 2.37. The summed E-state index contributed by atoms with van der Waals surface area (Å²) in [4.78, 5) is 19.4. The van der Waals surface area contributed by atoms with Gasteiger partial charge in [0.2, 0.25) is 5.82 Å². The van der Waals surface area contributed by atoms with Crippen molar-refractivity contribution >= 4 is 23.2 Å². The third-order valence-electron chi connectivity index (χ3n) is 6.00. The third kappa shape index (κ3) is 4.81. The average Bonchev–Trinajstić information content (AvgIpc) is 3.34. The number of nitrogens with zero attached hydrogens (tertiary/aromatic N) is 3. The number of rotatable bonds is 6. The number of hydrogen-bond donors (Lipinski definition) is 1. The van der Waals surface area contributed by atoms with E-state index >= 15 is 0 Å². The Hall–Kier alpha value is -3.97. The zero-order chi connectivity index (χ0) is 24.4. The first-order chi connectivity index (χ1) is 17.0. The first-order valence-electron chi connectivity index (χ1n) is 11.2. The second kappa shape index (κ2) is 9.72. The normalized spacial score (nSPS) is 15.9. The number of carbonyl (C=O) groups is 1. The molecule has 8 heteroatoms. The van der Waals surface area contributed by atoms with Crippen molar-refractivity contribution in [2.45, 2.75) is 19.4 Å². The molecule has 0 saturated heterocycles. The maximum absolute atomic E-state index is 14.1. The fourth-order valence-corrected chi connectivity index (χ4v) is 4.32. The van der Waals surface area contributed by atoms with Gasteiger partial charge < -0.3 is 9.84 Å². The molecule has 176 valence electrons. The van der Waals surface area contributed by atoms with Crippen LogP contribution in [0, 0.1) is 5.82 Å². The Labute approximate surface area is 207 Å². The molecule has 0 fully saturated rings. The number of urea groups is 1. The van der Waals surface area contributed by atoms with E-state index in [4.69, 9.17) is 16.1 Å². The summed E-state index contributed by atoms with van der Waals surface area (Å²) in [6.45, 7) is 2.30. The van der Waals surface area contributed by atoms with Crippen molar-refractivity contribution in [2.24, 2.45) is 0 Å². The second-order valence-corrected chi connectivity index (χ2v) is 8.69. The molecule has 2 amide bonds. The molecule has 0 saturated carbocycles. The van der Waals surface area contributed by atoms with Crippen LogP contribution in [-0.4, -0.2) is 27.6 Å². The molecule has 0 radical (unpaired) electrons. The molecular formula is C27H22ClFN4O2. The van der Waals surface area contributed by atoms with E-state index in [0.717, 1.165) is 11.1 Å². The molecule has 0 spiro atoms. The van der Waals surface area contributed by atoms with Crippen LogP contribution < -0.4 is 5.32 Å². The van der Waals surface area contributed by atoms with Crippen molar-refractivity contribution < 1.29 is 13.7 Å². The summed E-state index contributed by atoms with van der Waals surface area (Å²) in [7, 11) is 0. The highest BCUT2D eigenvalue weighted by molar-refractivity contribution is 6.30. The van der Waals surface area contributed by atoms with E-state index in [9.17, 15) is 9.18 Å². The molecule has 0 aliphatic carbocycles. The molecule has 1 atom stereocenters. The Bertz CT molecular complexity index is 1390. The lowest BCUT2D eigenvalue weighted by Gasteiger charge is -2.35. The van der Waals surface area contributed by atoms with Gasteiger partial charge in [0.15, 0.2) is 0 Å². The molecule has 1 aliphatic rings. The molecule has 1 N–H and O–H groups in total. The molecule has 4 aromatic rings. The number of amides is 2. The molecule has 2 heterocycles. The number of allylic oxidation sites excluding steroid dienone is 1. The number of halogens is 2. The van der Waals surface area contributed by atoms with E-state index in [-0.39, 0.29) is 11.9 Å². The van der Waals surface area contributed by atoms with Crippen LogP contribution in [0.5, 0.6) is 0 Å². The van der Waals surface area contributed by atoms with E-state index < -0.39 is 11.9 Å². The van der Waals surface area contributed by atoms with Gasteiger partial charge in [-0.3, -0.25) is 4.90 Å². The standard InChI is InChI=1S/C27H22ClFN4O2/c1-17-23(26-31-25(32-35-26)19-10-12-21(28)13-11-19)24(20-8-5-9-22(29)16-20)30-27(34)33(17)15-14-18-6-3-2-4-7-18/h2-13,16,24H,14-15H2,1H3,(H,30,34). The minimum atomic E-state index is -0.648. The summed E-state index contributed by atoms with van der Waals surface area (Å²) in [5.74, 6) is 0.252. The number of aromatic nitrogens is 2. The summed E-state index contributed by atoms with van der Waals surface area (Å²) in [6, 6.07) is 22.3. The molecule has 6 nitrogen and oxygen atoms in total. The molecule has 0 bridgehead atoms. The predicted molar refractivity (Wildman–Crippen MR) is 132 cm³/mol. The van der Waals surface area contributed by atoms with Crippen LogP contribution >= 0.6 is 11.6 Å². The summed E-state index contributed by atoms with van der Waals surface area (Å²) >= 11 is 6.00. The van der Waals surface area contributed by atoms with Crippen LogP contribution in [0.15, 0.2) is 89.1 Å². The SMILES string of the molecule is CC1=C(c2nc(-c3ccc(Cl)cc3)no2)C(c2cccc(F)c2)NC(=O)N1CCc1ccccc1. The lowest BCUT2D eigenvalue weighted by Crippen LogP contribution is -2.46. The largest absolute Gasteiger partial charge is 0.334 e. The summed E-state index contributed by atoms with van der Waals surface area (Å²) in [6.07, 6.45) is 0.670. The van der Waals surface area contributed by atoms with Gasteiger partial charge in [-0.25, -0.2) is 9.18 Å². The highest BCUT2D eigenvalue weighted by Gasteiger charge is 2.35. The van der Waals surface area contributed by atoms with Crippen molar-refractivity contribution in [1.82, 2.24) is 20.4 Å². The van der Waals surface area contributed by atoms with Gasteiger partial charge in [0, 0.05) is 22.8 Å². The van der Waals surface area contributed by atoms with Crippen molar-refractivity contribution in [3.8, 4) is 11.4 Å². The molecular weight excluding hydrogens is 467 g/mol. The summed E-state index contributed by atoms with van der Waals surface area (Å²) in [5.41, 5.74) is 3.73. The van der Waals surface area contributed by atoms with E-state index in [1.807, 2.05) is 37.3 Å². The summed E-state index contributed by atoms with van der Waals surface area (Å²) in [5, 5.41) is 7.74. The van der Waals surface area contributed by atoms with Crippen molar-refractivity contribution in [1.29, 1.82) is 0 Å². The Morgan fingerprint density at radius 2 is 1.83 bits per heavy atom. The maximum atomic E-state index is 14.1. The Balaban J connectivity index is 1.55. The minimum absolute atomic E-state index is 0.256. The fraction of sp³-hybridized carbons (Fsp3) is 0.148. The van der Waals surface area contributed by atoms with E-state index in [1.165, 1.54) is 12.1 Å². The third-order valence-corrected chi connectivity index (χ3v) is 6.26. The van der Waals surface area contributed by atoms with Gasteiger partial charge in [-0.2, -0.15) is 4.98 Å². The number of benzene rings is 3. The highest BCUT2D eigenvalue weighted by atomic mass is 35.5. The number of nitrogens with one attached hydrogen (secondary N) is 1. The molecule has 35 heavy (non-hydrogen) atoms. The molecule has 1 unspecified atom stereocenters. The van der Waals surface area contributed by atoms with Crippen LogP contribution in [0.4, 0.5) is 9.18 Å². The fourth-order valence-electron chi connectivity index (χ4n) is 4.20. The van der Waals surface area contributed by atoms with Gasteiger partial charge in [-0.1, -0.05) is 59.2 Å². The van der Waals surface area contributed by atoms with Gasteiger partial charge in [-0.05, 0) is 60.9 Å². The van der Waals surface area contributed by atoms with Crippen LogP contribution in [0.2, 0.25) is 5.02 Å². The molecule has 3 aromatic carbocycles. The Morgan fingerprint density at radius 1 is 1.06 bits per heavy atom. The zero-order valence-corrected chi connectivity index (χ0v) is 19.7. The molecule has 1 aliphatic heterocycles. The van der Waals surface area contributed by atoms with Crippen molar-refractivity contribution in [2.75, 3.05) is 6.54 Å². The summed E-state index contributed by atoms with van der Waals surface area (Å²) < 4.78 is 19.8. The van der Waals surface area contributed by atoms with Crippen LogP contribution in [-0.2, 0) is 6.42 Å². The van der Waals surface area contributed by atoms with E-state index in [2.05, 4.69) is 15.5 Å². The average molecular weight is 489 g/mol. The van der Waals surface area contributed by atoms with Crippen LogP contribution in [0.25, 0.3) is 17.0 Å². The van der Waals surface area contributed by atoms with Crippen LogP contribution in [0.1, 0.15) is 30.0 Å². The Morgan fingerprint density at radius 3 is 2.57 bits per heavy atom. The topological polar surface area (TPSA) is 71.3 Å². The van der Waals surface area contributed by atoms with E-state index in [1.54, 1.807) is 41.3 Å². The van der Waals surface area contributed by atoms with Gasteiger partial charge in [0.05, 0.1) is 11.6 Å². The lowest BCUT2D eigenvalue weighted by atomic mass is 9.94. The van der Waals surface area contributed by atoms with Crippen molar-refractivity contribution in [3.63, 3.8) is 0 Å². The minimum Gasteiger partial charge on any atom is -0.334 e. The quantitative estimate of drug-likeness (QED) is 0.347. The van der Waals surface area contributed by atoms with Gasteiger partial charge >= 0.3 is 6.03 Å². The predicted octanol–water partition coefficient (Wildman–Crippen LogP) is 6.27. The Kier molecular flexibility index (Phi) is 6.33. The number of hydrogen-bond acceptors (Lipinski definition) is 4. The van der Waals surface area contributed by atoms with Gasteiger partial charge in [-0.15, -0.1) is 0 Å². The van der Waals surface area contributed by atoms with Crippen molar-refractivity contribution in [3.05, 3.63) is 112 Å².